The van der Waals surface area contributed by atoms with Crippen molar-refractivity contribution < 1.29 is 9.59 Å². The van der Waals surface area contributed by atoms with Gasteiger partial charge >= 0.3 is 6.03 Å². The highest BCUT2D eigenvalue weighted by molar-refractivity contribution is 5.76. The van der Waals surface area contributed by atoms with Gasteiger partial charge in [-0.15, -0.1) is 0 Å². The topological polar surface area (TPSA) is 92.2 Å². The Morgan fingerprint density at radius 1 is 1.11 bits per heavy atom. The van der Waals surface area contributed by atoms with Gasteiger partial charge in [-0.25, -0.2) is 14.5 Å². The molecule has 0 unspecified atom stereocenters. The van der Waals surface area contributed by atoms with Gasteiger partial charge < -0.3 is 15.5 Å². The van der Waals surface area contributed by atoms with Gasteiger partial charge in [0.1, 0.15) is 12.7 Å². The molecule has 8 nitrogen and oxygen atoms in total. The Morgan fingerprint density at radius 3 is 2.74 bits per heavy atom. The number of benzene rings is 1. The van der Waals surface area contributed by atoms with Gasteiger partial charge in [0, 0.05) is 32.6 Å². The molecule has 2 heterocycles. The van der Waals surface area contributed by atoms with E-state index in [1.165, 1.54) is 6.33 Å². The molecule has 27 heavy (non-hydrogen) atoms. The van der Waals surface area contributed by atoms with Crippen molar-refractivity contribution in [3.8, 4) is 5.69 Å². The molecule has 1 aliphatic rings. The number of hydrogen-bond donors (Lipinski definition) is 2. The van der Waals surface area contributed by atoms with Gasteiger partial charge in [-0.3, -0.25) is 4.79 Å². The van der Waals surface area contributed by atoms with Gasteiger partial charge in [0.05, 0.1) is 5.69 Å². The van der Waals surface area contributed by atoms with Crippen LogP contribution < -0.4 is 10.6 Å². The highest BCUT2D eigenvalue weighted by Gasteiger charge is 2.15. The molecular formula is C19H26N6O2. The molecule has 8 heteroatoms. The molecule has 0 saturated carbocycles. The average molecular weight is 370 g/mol. The predicted octanol–water partition coefficient (Wildman–Crippen LogP) is 1.86. The first-order chi connectivity index (χ1) is 13.2. The van der Waals surface area contributed by atoms with Crippen molar-refractivity contribution in [3.63, 3.8) is 0 Å². The Hall–Kier alpha value is -2.90. The van der Waals surface area contributed by atoms with Crippen LogP contribution in [0, 0.1) is 0 Å². The third kappa shape index (κ3) is 5.80. The third-order valence-electron chi connectivity index (χ3n) is 4.63. The second-order valence-corrected chi connectivity index (χ2v) is 6.66. The van der Waals surface area contributed by atoms with Crippen molar-refractivity contribution in [3.05, 3.63) is 42.5 Å². The molecule has 1 aromatic heterocycles. The molecule has 1 aliphatic heterocycles. The highest BCUT2D eigenvalue weighted by Crippen LogP contribution is 2.11. The van der Waals surface area contributed by atoms with Crippen LogP contribution in [0.5, 0.6) is 0 Å². The van der Waals surface area contributed by atoms with E-state index in [9.17, 15) is 9.59 Å². The van der Waals surface area contributed by atoms with Crippen LogP contribution in [0.4, 0.5) is 4.79 Å². The van der Waals surface area contributed by atoms with Gasteiger partial charge in [0.15, 0.2) is 0 Å². The first kappa shape index (κ1) is 18.9. The zero-order valence-corrected chi connectivity index (χ0v) is 15.4. The summed E-state index contributed by atoms with van der Waals surface area (Å²) in [5, 5.41) is 9.77. The van der Waals surface area contributed by atoms with Crippen molar-refractivity contribution in [2.45, 2.75) is 38.6 Å². The fourth-order valence-electron chi connectivity index (χ4n) is 3.10. The van der Waals surface area contributed by atoms with Crippen LogP contribution in [0.15, 0.2) is 36.9 Å². The van der Waals surface area contributed by atoms with E-state index in [-0.39, 0.29) is 11.9 Å². The number of amides is 3. The number of likely N-dealkylation sites (tertiary alicyclic amines) is 1. The quantitative estimate of drug-likeness (QED) is 0.728. The largest absolute Gasteiger partial charge is 0.343 e. The molecule has 0 bridgehead atoms. The number of nitrogens with zero attached hydrogens (tertiary/aromatic N) is 4. The minimum Gasteiger partial charge on any atom is -0.343 e. The van der Waals surface area contributed by atoms with Gasteiger partial charge in [0.2, 0.25) is 5.91 Å². The fraction of sp³-hybridized carbons (Fsp3) is 0.474. The lowest BCUT2D eigenvalue weighted by Crippen LogP contribution is -2.38. The Kier molecular flexibility index (Phi) is 6.78. The van der Waals surface area contributed by atoms with Crippen molar-refractivity contribution in [2.24, 2.45) is 0 Å². The van der Waals surface area contributed by atoms with E-state index in [4.69, 9.17) is 0 Å². The second-order valence-electron chi connectivity index (χ2n) is 6.66. The van der Waals surface area contributed by atoms with E-state index < -0.39 is 0 Å². The van der Waals surface area contributed by atoms with Crippen LogP contribution in [0.1, 0.15) is 37.7 Å². The zero-order valence-electron chi connectivity index (χ0n) is 15.4. The van der Waals surface area contributed by atoms with E-state index in [2.05, 4.69) is 20.7 Å². The lowest BCUT2D eigenvalue weighted by Gasteiger charge is -2.20. The summed E-state index contributed by atoms with van der Waals surface area (Å²) in [5.41, 5.74) is 1.92. The molecule has 1 fully saturated rings. The van der Waals surface area contributed by atoms with E-state index in [0.717, 1.165) is 43.5 Å². The molecule has 0 aliphatic carbocycles. The molecule has 3 amide bonds. The number of rotatable bonds is 7. The van der Waals surface area contributed by atoms with Crippen LogP contribution in [0.2, 0.25) is 0 Å². The summed E-state index contributed by atoms with van der Waals surface area (Å²) in [4.78, 5) is 29.7. The summed E-state index contributed by atoms with van der Waals surface area (Å²) >= 11 is 0. The summed E-state index contributed by atoms with van der Waals surface area (Å²) in [6.45, 7) is 2.56. The molecular weight excluding hydrogens is 344 g/mol. The van der Waals surface area contributed by atoms with Crippen molar-refractivity contribution in [1.29, 1.82) is 0 Å². The normalized spacial score (nSPS) is 14.7. The molecule has 1 saturated heterocycles. The SMILES string of the molecule is O=C(NCCCN1CCCCCC1=O)NCc1ccc(-n2cncn2)cc1. The van der Waals surface area contributed by atoms with E-state index >= 15 is 0 Å². The third-order valence-corrected chi connectivity index (χ3v) is 4.63. The highest BCUT2D eigenvalue weighted by atomic mass is 16.2. The van der Waals surface area contributed by atoms with Crippen LogP contribution in [0.25, 0.3) is 5.69 Å². The maximum atomic E-state index is 11.9. The Bertz CT molecular complexity index is 729. The molecule has 0 atom stereocenters. The smallest absolute Gasteiger partial charge is 0.315 e. The van der Waals surface area contributed by atoms with Crippen molar-refractivity contribution >= 4 is 11.9 Å². The van der Waals surface area contributed by atoms with Gasteiger partial charge in [0.25, 0.3) is 0 Å². The number of aromatic nitrogens is 3. The van der Waals surface area contributed by atoms with Gasteiger partial charge in [-0.05, 0) is 37.0 Å². The minimum absolute atomic E-state index is 0.197. The first-order valence-corrected chi connectivity index (χ1v) is 9.46. The maximum Gasteiger partial charge on any atom is 0.315 e. The maximum absolute atomic E-state index is 11.9. The van der Waals surface area contributed by atoms with Gasteiger partial charge in [-0.1, -0.05) is 18.6 Å². The Labute approximate surface area is 159 Å². The molecule has 3 rings (SSSR count). The number of carbonyl (C=O) groups is 2. The van der Waals surface area contributed by atoms with E-state index in [0.29, 0.717) is 26.1 Å². The monoisotopic (exact) mass is 370 g/mol. The lowest BCUT2D eigenvalue weighted by molar-refractivity contribution is -0.130. The van der Waals surface area contributed by atoms with E-state index in [1.807, 2.05) is 29.2 Å². The number of urea groups is 1. The van der Waals surface area contributed by atoms with Crippen LogP contribution in [-0.2, 0) is 11.3 Å². The average Bonchev–Trinajstić information content (AvgIpc) is 3.15. The molecule has 0 radical (unpaired) electrons. The molecule has 2 N–H and O–H groups in total. The Balaban J connectivity index is 1.33. The first-order valence-electron chi connectivity index (χ1n) is 9.46. The van der Waals surface area contributed by atoms with E-state index in [1.54, 1.807) is 11.0 Å². The van der Waals surface area contributed by atoms with Crippen LogP contribution in [0.3, 0.4) is 0 Å². The number of carbonyl (C=O) groups excluding carboxylic acids is 2. The summed E-state index contributed by atoms with van der Waals surface area (Å²) in [5.74, 6) is 0.242. The second kappa shape index (κ2) is 9.70. The minimum atomic E-state index is -0.197. The molecule has 144 valence electrons. The lowest BCUT2D eigenvalue weighted by atomic mass is 10.2. The summed E-state index contributed by atoms with van der Waals surface area (Å²) in [6, 6.07) is 7.56. The molecule has 1 aromatic carbocycles. The summed E-state index contributed by atoms with van der Waals surface area (Å²) in [7, 11) is 0. The summed E-state index contributed by atoms with van der Waals surface area (Å²) in [6.07, 6.45) is 7.76. The number of nitrogens with one attached hydrogen (secondary N) is 2. The van der Waals surface area contributed by atoms with Crippen molar-refractivity contribution in [1.82, 2.24) is 30.3 Å². The van der Waals surface area contributed by atoms with Gasteiger partial charge in [-0.2, -0.15) is 5.10 Å². The Morgan fingerprint density at radius 2 is 1.96 bits per heavy atom. The predicted molar refractivity (Wildman–Crippen MR) is 101 cm³/mol. The molecule has 2 aromatic rings. The fourth-order valence-corrected chi connectivity index (χ4v) is 3.10. The van der Waals surface area contributed by atoms with Crippen LogP contribution in [-0.4, -0.2) is 51.2 Å². The summed E-state index contributed by atoms with van der Waals surface area (Å²) < 4.78 is 1.68. The number of hydrogen-bond acceptors (Lipinski definition) is 4. The standard InChI is InChI=1S/C19H26N6O2/c26-18-5-2-1-3-11-24(18)12-4-10-21-19(27)22-13-16-6-8-17(9-7-16)25-15-20-14-23-25/h6-9,14-15H,1-5,10-13H2,(H2,21,22,27). The molecule has 0 spiro atoms. The zero-order chi connectivity index (χ0) is 18.9. The van der Waals surface area contributed by atoms with Crippen LogP contribution >= 0.6 is 0 Å². The van der Waals surface area contributed by atoms with Crippen molar-refractivity contribution in [2.75, 3.05) is 19.6 Å².